The molecule has 2 amide bonds. The van der Waals surface area contributed by atoms with Gasteiger partial charge in [0.1, 0.15) is 0 Å². The van der Waals surface area contributed by atoms with Gasteiger partial charge in [-0.15, -0.1) is 0 Å². The molecular weight excluding hydrogens is 406 g/mol. The van der Waals surface area contributed by atoms with Crippen LogP contribution in [0, 0.1) is 0 Å². The Labute approximate surface area is 190 Å². The predicted molar refractivity (Wildman–Crippen MR) is 127 cm³/mol. The molecule has 0 bridgehead atoms. The van der Waals surface area contributed by atoms with Crippen LogP contribution in [0.4, 0.5) is 0 Å². The second-order valence-electron chi connectivity index (χ2n) is 8.40. The van der Waals surface area contributed by atoms with Crippen LogP contribution < -0.4 is 5.69 Å². The lowest BCUT2D eigenvalue weighted by molar-refractivity contribution is -0.132. The summed E-state index contributed by atoms with van der Waals surface area (Å²) in [7, 11) is 0. The van der Waals surface area contributed by atoms with E-state index in [1.165, 1.54) is 0 Å². The highest BCUT2D eigenvalue weighted by Gasteiger charge is 2.22. The van der Waals surface area contributed by atoms with E-state index in [0.717, 1.165) is 43.5 Å². The van der Waals surface area contributed by atoms with Crippen molar-refractivity contribution in [2.24, 2.45) is 0 Å². The van der Waals surface area contributed by atoms with Crippen molar-refractivity contribution in [1.82, 2.24) is 23.8 Å². The molecule has 1 fully saturated rings. The molecule has 0 atom stereocenters. The number of fused-ring (bicyclic) bond motifs is 1. The number of hydrogen-bond acceptors (Lipinski definition) is 4. The fourth-order valence-electron chi connectivity index (χ4n) is 4.54. The van der Waals surface area contributed by atoms with Crippen molar-refractivity contribution in [3.63, 3.8) is 0 Å². The van der Waals surface area contributed by atoms with E-state index in [-0.39, 0.29) is 17.5 Å². The molecule has 32 heavy (non-hydrogen) atoms. The van der Waals surface area contributed by atoms with Gasteiger partial charge in [-0.1, -0.05) is 19.1 Å². The Bertz CT molecular complexity index is 976. The number of carbonyl (C=O) groups excluding carboxylic acids is 2. The number of likely N-dealkylation sites (N-methyl/N-ethyl adjacent to an activating group) is 1. The smallest absolute Gasteiger partial charge is 0.329 e. The van der Waals surface area contributed by atoms with E-state index in [1.807, 2.05) is 47.9 Å². The normalized spacial score (nSPS) is 15.2. The molecule has 0 saturated carbocycles. The zero-order valence-corrected chi connectivity index (χ0v) is 19.8. The molecule has 1 aliphatic heterocycles. The third-order valence-corrected chi connectivity index (χ3v) is 6.34. The molecule has 0 aliphatic carbocycles. The van der Waals surface area contributed by atoms with Gasteiger partial charge in [-0.3, -0.25) is 23.6 Å². The molecule has 3 rings (SSSR count). The van der Waals surface area contributed by atoms with Crippen LogP contribution in [0.15, 0.2) is 29.1 Å². The van der Waals surface area contributed by atoms with Gasteiger partial charge in [0.05, 0.1) is 17.6 Å². The molecule has 0 N–H and O–H groups in total. The van der Waals surface area contributed by atoms with Gasteiger partial charge >= 0.3 is 5.69 Å². The lowest BCUT2D eigenvalue weighted by Crippen LogP contribution is -2.42. The molecule has 1 saturated heterocycles. The number of nitrogens with zero attached hydrogens (tertiary/aromatic N) is 5. The minimum Gasteiger partial charge on any atom is -0.342 e. The van der Waals surface area contributed by atoms with Crippen molar-refractivity contribution in [2.75, 3.05) is 45.8 Å². The SMILES string of the molecule is CCCn1c(=O)n(CCC(=O)N2CCCN(CC(=O)N(CC)CC)CC2)c2ccccc21. The first-order valence-electron chi connectivity index (χ1n) is 12.0. The first-order valence-corrected chi connectivity index (χ1v) is 12.0. The average Bonchev–Trinajstić information content (AvgIpc) is 2.93. The maximum atomic E-state index is 12.9. The van der Waals surface area contributed by atoms with Crippen molar-refractivity contribution in [2.45, 2.75) is 53.1 Å². The second kappa shape index (κ2) is 11.3. The number of rotatable bonds is 9. The Morgan fingerprint density at radius 3 is 2.19 bits per heavy atom. The van der Waals surface area contributed by atoms with E-state index in [0.29, 0.717) is 45.7 Å². The molecule has 0 unspecified atom stereocenters. The van der Waals surface area contributed by atoms with Gasteiger partial charge in [0.2, 0.25) is 11.8 Å². The van der Waals surface area contributed by atoms with Crippen molar-refractivity contribution in [3.05, 3.63) is 34.7 Å². The quantitative estimate of drug-likeness (QED) is 0.594. The minimum atomic E-state index is -0.0437. The van der Waals surface area contributed by atoms with E-state index >= 15 is 0 Å². The van der Waals surface area contributed by atoms with Crippen LogP contribution in [-0.4, -0.2) is 81.5 Å². The van der Waals surface area contributed by atoms with Gasteiger partial charge in [-0.2, -0.15) is 0 Å². The molecule has 0 radical (unpaired) electrons. The Kier molecular flexibility index (Phi) is 8.50. The summed E-state index contributed by atoms with van der Waals surface area (Å²) in [5.74, 6) is 0.221. The molecule has 1 aromatic heterocycles. The topological polar surface area (TPSA) is 70.8 Å². The standard InChI is InChI=1S/C24H37N5O3/c1-4-13-28-20-10-7-8-11-21(20)29(24(28)32)16-12-22(30)27-15-9-14-25(17-18-27)19-23(31)26(5-2)6-3/h7-8,10-11H,4-6,9,12-19H2,1-3H3. The lowest BCUT2D eigenvalue weighted by atomic mass is 10.3. The zero-order valence-electron chi connectivity index (χ0n) is 19.8. The average molecular weight is 444 g/mol. The number of benzene rings is 1. The van der Waals surface area contributed by atoms with Gasteiger partial charge in [0, 0.05) is 58.8 Å². The summed E-state index contributed by atoms with van der Waals surface area (Å²) in [4.78, 5) is 44.2. The number of amides is 2. The van der Waals surface area contributed by atoms with E-state index < -0.39 is 0 Å². The first kappa shape index (κ1) is 24.0. The molecule has 1 aromatic carbocycles. The van der Waals surface area contributed by atoms with Crippen LogP contribution in [0.2, 0.25) is 0 Å². The molecule has 0 spiro atoms. The maximum Gasteiger partial charge on any atom is 0.329 e. The summed E-state index contributed by atoms with van der Waals surface area (Å²) in [6.07, 6.45) is 2.04. The number of aromatic nitrogens is 2. The second-order valence-corrected chi connectivity index (χ2v) is 8.40. The molecule has 1 aliphatic rings. The molecular formula is C24H37N5O3. The van der Waals surface area contributed by atoms with Gasteiger partial charge in [0.25, 0.3) is 0 Å². The van der Waals surface area contributed by atoms with Crippen LogP contribution >= 0.6 is 0 Å². The van der Waals surface area contributed by atoms with Crippen LogP contribution in [0.1, 0.15) is 40.0 Å². The molecule has 8 nitrogen and oxygen atoms in total. The largest absolute Gasteiger partial charge is 0.342 e. The summed E-state index contributed by atoms with van der Waals surface area (Å²) in [6.45, 7) is 11.8. The lowest BCUT2D eigenvalue weighted by Gasteiger charge is -2.25. The van der Waals surface area contributed by atoms with Gasteiger partial charge < -0.3 is 9.80 Å². The summed E-state index contributed by atoms with van der Waals surface area (Å²) < 4.78 is 3.53. The Morgan fingerprint density at radius 2 is 1.56 bits per heavy atom. The highest BCUT2D eigenvalue weighted by atomic mass is 16.2. The van der Waals surface area contributed by atoms with Crippen molar-refractivity contribution < 1.29 is 9.59 Å². The van der Waals surface area contributed by atoms with E-state index in [9.17, 15) is 14.4 Å². The predicted octanol–water partition coefficient (Wildman–Crippen LogP) is 2.01. The van der Waals surface area contributed by atoms with E-state index in [1.54, 1.807) is 9.13 Å². The molecule has 8 heteroatoms. The van der Waals surface area contributed by atoms with Crippen LogP contribution in [0.25, 0.3) is 11.0 Å². The number of para-hydroxylation sites is 2. The maximum absolute atomic E-state index is 12.9. The van der Waals surface area contributed by atoms with Gasteiger partial charge in [0.15, 0.2) is 0 Å². The highest BCUT2D eigenvalue weighted by molar-refractivity contribution is 5.79. The number of imidazole rings is 1. The minimum absolute atomic E-state index is 0.0437. The molecule has 176 valence electrons. The molecule has 2 heterocycles. The fourth-order valence-corrected chi connectivity index (χ4v) is 4.54. The summed E-state index contributed by atoms with van der Waals surface area (Å²) in [6, 6.07) is 7.79. The summed E-state index contributed by atoms with van der Waals surface area (Å²) in [5, 5.41) is 0. The zero-order chi connectivity index (χ0) is 23.1. The van der Waals surface area contributed by atoms with E-state index in [4.69, 9.17) is 0 Å². The highest BCUT2D eigenvalue weighted by Crippen LogP contribution is 2.14. The summed E-state index contributed by atoms with van der Waals surface area (Å²) in [5.41, 5.74) is 1.77. The van der Waals surface area contributed by atoms with Gasteiger partial charge in [-0.25, -0.2) is 4.79 Å². The number of hydrogen-bond donors (Lipinski definition) is 0. The first-order chi connectivity index (χ1) is 15.5. The van der Waals surface area contributed by atoms with Gasteiger partial charge in [-0.05, 0) is 38.8 Å². The Morgan fingerprint density at radius 1 is 0.906 bits per heavy atom. The third-order valence-electron chi connectivity index (χ3n) is 6.34. The molecule has 2 aromatic rings. The Hall–Kier alpha value is -2.61. The van der Waals surface area contributed by atoms with Crippen molar-refractivity contribution >= 4 is 22.8 Å². The fraction of sp³-hybridized carbons (Fsp3) is 0.625. The Balaban J connectivity index is 1.60. The van der Waals surface area contributed by atoms with Crippen LogP contribution in [-0.2, 0) is 22.7 Å². The van der Waals surface area contributed by atoms with Crippen molar-refractivity contribution in [1.29, 1.82) is 0 Å². The van der Waals surface area contributed by atoms with Crippen molar-refractivity contribution in [3.8, 4) is 0 Å². The van der Waals surface area contributed by atoms with Crippen LogP contribution in [0.3, 0.4) is 0 Å². The van der Waals surface area contributed by atoms with E-state index in [2.05, 4.69) is 11.8 Å². The third kappa shape index (κ3) is 5.41. The number of aryl methyl sites for hydroxylation is 2. The monoisotopic (exact) mass is 443 g/mol. The summed E-state index contributed by atoms with van der Waals surface area (Å²) >= 11 is 0. The van der Waals surface area contributed by atoms with Crippen LogP contribution in [0.5, 0.6) is 0 Å². The number of carbonyl (C=O) groups is 2.